The third-order valence-electron chi connectivity index (χ3n) is 6.86. The average Bonchev–Trinajstić information content (AvgIpc) is 3.46. The van der Waals surface area contributed by atoms with E-state index in [0.717, 1.165) is 74.8 Å². The molecular weight excluding hydrogens is 432 g/mol. The number of para-hydroxylation sites is 1. The predicted molar refractivity (Wildman–Crippen MR) is 134 cm³/mol. The van der Waals surface area contributed by atoms with Crippen molar-refractivity contribution in [1.82, 2.24) is 29.5 Å². The van der Waals surface area contributed by atoms with Crippen LogP contribution in [0.5, 0.6) is 0 Å². The van der Waals surface area contributed by atoms with Crippen LogP contribution in [0, 0.1) is 10.7 Å². The molecule has 8 heteroatoms. The summed E-state index contributed by atoms with van der Waals surface area (Å²) >= 11 is 5.89. The van der Waals surface area contributed by atoms with Crippen molar-refractivity contribution in [2.24, 2.45) is 5.92 Å². The summed E-state index contributed by atoms with van der Waals surface area (Å²) in [5.74, 6) is 1.36. The van der Waals surface area contributed by atoms with E-state index < -0.39 is 0 Å². The van der Waals surface area contributed by atoms with Crippen LogP contribution in [0.25, 0.3) is 5.69 Å². The Morgan fingerprint density at radius 3 is 2.48 bits per heavy atom. The summed E-state index contributed by atoms with van der Waals surface area (Å²) in [6.07, 6.45) is 7.73. The van der Waals surface area contributed by atoms with Crippen LogP contribution in [0.15, 0.2) is 30.3 Å². The van der Waals surface area contributed by atoms with Gasteiger partial charge in [0.15, 0.2) is 5.82 Å². The molecule has 180 valence electrons. The normalized spacial score (nSPS) is 18.1. The Hall–Kier alpha value is -2.03. The minimum atomic E-state index is 0.128. The molecule has 1 amide bonds. The van der Waals surface area contributed by atoms with Crippen molar-refractivity contribution in [3.05, 3.63) is 40.9 Å². The fourth-order valence-corrected chi connectivity index (χ4v) is 5.19. The predicted octanol–water partition coefficient (Wildman–Crippen LogP) is 3.97. The van der Waals surface area contributed by atoms with Gasteiger partial charge < -0.3 is 5.32 Å². The Morgan fingerprint density at radius 2 is 1.79 bits per heavy atom. The second kappa shape index (κ2) is 11.9. The van der Waals surface area contributed by atoms with Crippen LogP contribution in [-0.2, 0) is 18.0 Å². The summed E-state index contributed by atoms with van der Waals surface area (Å²) in [5, 5.41) is 8.09. The lowest BCUT2D eigenvalue weighted by Gasteiger charge is -2.30. The SMILES string of the molecule is CCCCCNC(=O)C1CCN(Cn2nc(CN3CCCC3)n(-c3ccccc3)c2=S)CC1. The number of nitrogens with zero attached hydrogens (tertiary/aromatic N) is 5. The summed E-state index contributed by atoms with van der Waals surface area (Å²) in [7, 11) is 0. The van der Waals surface area contributed by atoms with E-state index in [4.69, 9.17) is 17.3 Å². The van der Waals surface area contributed by atoms with Crippen molar-refractivity contribution < 1.29 is 4.79 Å². The van der Waals surface area contributed by atoms with Crippen molar-refractivity contribution in [1.29, 1.82) is 0 Å². The molecule has 0 spiro atoms. The van der Waals surface area contributed by atoms with E-state index in [1.807, 2.05) is 22.9 Å². The molecule has 0 bridgehead atoms. The van der Waals surface area contributed by atoms with Crippen LogP contribution in [0.3, 0.4) is 0 Å². The summed E-state index contributed by atoms with van der Waals surface area (Å²) in [4.78, 5) is 17.3. The van der Waals surface area contributed by atoms with Crippen molar-refractivity contribution in [3.8, 4) is 5.69 Å². The van der Waals surface area contributed by atoms with Gasteiger partial charge in [0.25, 0.3) is 0 Å². The van der Waals surface area contributed by atoms with Crippen LogP contribution in [0.4, 0.5) is 0 Å². The number of aromatic nitrogens is 3. The number of unbranched alkanes of at least 4 members (excludes halogenated alkanes) is 2. The summed E-state index contributed by atoms with van der Waals surface area (Å²) in [5.41, 5.74) is 1.07. The minimum Gasteiger partial charge on any atom is -0.356 e. The first-order chi connectivity index (χ1) is 16.2. The first kappa shape index (κ1) is 24.1. The topological polar surface area (TPSA) is 58.3 Å². The van der Waals surface area contributed by atoms with Crippen molar-refractivity contribution in [2.45, 2.75) is 65.1 Å². The standard InChI is InChI=1S/C25H38N6OS/c1-2-3-7-14-26-24(32)21-12-17-29(18-13-21)20-30-25(33)31(22-10-5-4-6-11-22)23(27-30)19-28-15-8-9-16-28/h4-6,10-11,21H,2-3,7-9,12-20H2,1H3,(H,26,32). The molecule has 2 aliphatic heterocycles. The first-order valence-corrected chi connectivity index (χ1v) is 13.0. The largest absolute Gasteiger partial charge is 0.356 e. The van der Waals surface area contributed by atoms with Crippen molar-refractivity contribution >= 4 is 18.1 Å². The number of rotatable bonds is 10. The van der Waals surface area contributed by atoms with Gasteiger partial charge in [-0.05, 0) is 69.5 Å². The van der Waals surface area contributed by atoms with Gasteiger partial charge in [-0.2, -0.15) is 5.10 Å². The van der Waals surface area contributed by atoms with E-state index in [9.17, 15) is 4.79 Å². The van der Waals surface area contributed by atoms with Crippen LogP contribution >= 0.6 is 12.2 Å². The maximum Gasteiger partial charge on any atom is 0.223 e. The highest BCUT2D eigenvalue weighted by Crippen LogP contribution is 2.20. The molecule has 0 unspecified atom stereocenters. The molecule has 2 aliphatic rings. The van der Waals surface area contributed by atoms with E-state index in [2.05, 4.69) is 38.7 Å². The zero-order chi connectivity index (χ0) is 23.0. The first-order valence-electron chi connectivity index (χ1n) is 12.6. The monoisotopic (exact) mass is 470 g/mol. The van der Waals surface area contributed by atoms with E-state index in [1.54, 1.807) is 0 Å². The number of likely N-dealkylation sites (tertiary alicyclic amines) is 2. The fraction of sp³-hybridized carbons (Fsp3) is 0.640. The second-order valence-electron chi connectivity index (χ2n) is 9.38. The summed E-state index contributed by atoms with van der Waals surface area (Å²) < 4.78 is 4.84. The molecule has 0 radical (unpaired) electrons. The molecule has 2 saturated heterocycles. The molecule has 7 nitrogen and oxygen atoms in total. The van der Waals surface area contributed by atoms with E-state index in [-0.39, 0.29) is 11.8 Å². The molecule has 0 atom stereocenters. The van der Waals surface area contributed by atoms with Gasteiger partial charge in [-0.25, -0.2) is 4.68 Å². The van der Waals surface area contributed by atoms with Crippen LogP contribution < -0.4 is 5.32 Å². The number of carbonyl (C=O) groups excluding carboxylic acids is 1. The maximum atomic E-state index is 12.5. The lowest BCUT2D eigenvalue weighted by atomic mass is 9.96. The average molecular weight is 471 g/mol. The lowest BCUT2D eigenvalue weighted by molar-refractivity contribution is -0.126. The zero-order valence-electron chi connectivity index (χ0n) is 19.9. The Bertz CT molecular complexity index is 942. The number of amides is 1. The van der Waals surface area contributed by atoms with Gasteiger partial charge in [0, 0.05) is 31.2 Å². The Balaban J connectivity index is 1.40. The smallest absolute Gasteiger partial charge is 0.223 e. The number of carbonyl (C=O) groups is 1. The molecule has 0 aliphatic carbocycles. The van der Waals surface area contributed by atoms with Crippen LogP contribution in [-0.4, -0.2) is 62.8 Å². The fourth-order valence-electron chi connectivity index (χ4n) is 4.88. The van der Waals surface area contributed by atoms with Gasteiger partial charge in [-0.15, -0.1) is 0 Å². The van der Waals surface area contributed by atoms with Crippen molar-refractivity contribution in [2.75, 3.05) is 32.7 Å². The second-order valence-corrected chi connectivity index (χ2v) is 9.75. The highest BCUT2D eigenvalue weighted by atomic mass is 32.1. The Kier molecular flexibility index (Phi) is 8.69. The van der Waals surface area contributed by atoms with E-state index >= 15 is 0 Å². The molecule has 1 aromatic carbocycles. The molecule has 33 heavy (non-hydrogen) atoms. The van der Waals surface area contributed by atoms with Crippen molar-refractivity contribution in [3.63, 3.8) is 0 Å². The van der Waals surface area contributed by atoms with Gasteiger partial charge in [-0.1, -0.05) is 38.0 Å². The van der Waals surface area contributed by atoms with Gasteiger partial charge >= 0.3 is 0 Å². The number of benzene rings is 1. The third kappa shape index (κ3) is 6.31. The van der Waals surface area contributed by atoms with Gasteiger partial charge in [0.1, 0.15) is 0 Å². The lowest BCUT2D eigenvalue weighted by Crippen LogP contribution is -2.41. The quantitative estimate of drug-likeness (QED) is 0.421. The number of hydrogen-bond donors (Lipinski definition) is 1. The van der Waals surface area contributed by atoms with Gasteiger partial charge in [-0.3, -0.25) is 19.2 Å². The number of nitrogens with one attached hydrogen (secondary N) is 1. The maximum absolute atomic E-state index is 12.5. The van der Waals surface area contributed by atoms with Crippen LogP contribution in [0.1, 0.15) is 57.7 Å². The number of hydrogen-bond acceptors (Lipinski definition) is 5. The molecule has 3 heterocycles. The Morgan fingerprint density at radius 1 is 1.06 bits per heavy atom. The van der Waals surface area contributed by atoms with Crippen LogP contribution in [0.2, 0.25) is 0 Å². The molecule has 0 saturated carbocycles. The van der Waals surface area contributed by atoms with E-state index in [0.29, 0.717) is 6.67 Å². The molecule has 2 aromatic rings. The van der Waals surface area contributed by atoms with E-state index in [1.165, 1.54) is 25.7 Å². The summed E-state index contributed by atoms with van der Waals surface area (Å²) in [6, 6.07) is 10.3. The summed E-state index contributed by atoms with van der Waals surface area (Å²) in [6.45, 7) is 8.54. The molecule has 1 aromatic heterocycles. The third-order valence-corrected chi connectivity index (χ3v) is 7.25. The number of piperidine rings is 1. The highest BCUT2D eigenvalue weighted by molar-refractivity contribution is 7.71. The minimum absolute atomic E-state index is 0.128. The molecule has 2 fully saturated rings. The zero-order valence-corrected chi connectivity index (χ0v) is 20.7. The molecule has 1 N–H and O–H groups in total. The highest BCUT2D eigenvalue weighted by Gasteiger charge is 2.26. The van der Waals surface area contributed by atoms with Gasteiger partial charge in [0.05, 0.1) is 13.2 Å². The Labute approximate surface area is 202 Å². The molecule has 4 rings (SSSR count). The molecular formula is C25H38N6OS. The van der Waals surface area contributed by atoms with Gasteiger partial charge in [0.2, 0.25) is 10.7 Å².